The van der Waals surface area contributed by atoms with Crippen molar-refractivity contribution in [3.63, 3.8) is 0 Å². The van der Waals surface area contributed by atoms with Crippen LogP contribution in [0.25, 0.3) is 0 Å². The van der Waals surface area contributed by atoms with E-state index in [0.717, 1.165) is 5.56 Å². The van der Waals surface area contributed by atoms with Crippen molar-refractivity contribution in [3.05, 3.63) is 53.8 Å². The Balaban J connectivity index is 1.69. The maximum atomic E-state index is 13.0. The molecule has 1 amide bonds. The molecule has 1 fully saturated rings. The molecule has 0 radical (unpaired) electrons. The molecule has 4 atom stereocenters. The lowest BCUT2D eigenvalue weighted by Gasteiger charge is -2.34. The average molecular weight is 492 g/mol. The van der Waals surface area contributed by atoms with Gasteiger partial charge in [-0.05, 0) is 48.9 Å². The van der Waals surface area contributed by atoms with E-state index in [0.29, 0.717) is 36.9 Å². The second kappa shape index (κ2) is 11.7. The quantitative estimate of drug-likeness (QED) is 0.414. The van der Waals surface area contributed by atoms with E-state index in [9.17, 15) is 24.5 Å². The molecule has 35 heavy (non-hydrogen) atoms. The lowest BCUT2D eigenvalue weighted by molar-refractivity contribution is -0.141. The number of nitrogens with zero attached hydrogens (tertiary/aromatic N) is 1. The summed E-state index contributed by atoms with van der Waals surface area (Å²) < 4.78 is 30.0. The number of aliphatic hydroxyl groups is 3. The van der Waals surface area contributed by atoms with Crippen molar-refractivity contribution in [2.75, 3.05) is 40.0 Å². The normalized spacial score (nSPS) is 21.5. The molecular weight excluding hydrogens is 457 g/mol. The van der Waals surface area contributed by atoms with Crippen LogP contribution in [-0.4, -0.2) is 78.4 Å². The van der Waals surface area contributed by atoms with Gasteiger partial charge in [-0.2, -0.15) is 0 Å². The third kappa shape index (κ3) is 6.22. The zero-order valence-electron chi connectivity index (χ0n) is 20.3. The number of hydrogen-bond acceptors (Lipinski definition) is 7. The lowest BCUT2D eigenvalue weighted by atomic mass is 9.72. The third-order valence-electron chi connectivity index (χ3n) is 6.67. The van der Waals surface area contributed by atoms with Crippen LogP contribution in [0.1, 0.15) is 31.7 Å². The Bertz CT molecular complexity index is 984. The van der Waals surface area contributed by atoms with E-state index in [4.69, 9.17) is 14.2 Å². The first-order valence-electron chi connectivity index (χ1n) is 11.6. The van der Waals surface area contributed by atoms with E-state index in [1.807, 2.05) is 19.1 Å². The minimum Gasteiger partial charge on any atom is -0.493 e. The Hall–Kier alpha value is -2.88. The molecule has 1 aliphatic heterocycles. The first kappa shape index (κ1) is 26.7. The van der Waals surface area contributed by atoms with Crippen molar-refractivity contribution in [2.24, 2.45) is 5.41 Å². The first-order chi connectivity index (χ1) is 16.7. The molecule has 0 spiro atoms. The Kier molecular flexibility index (Phi) is 8.93. The summed E-state index contributed by atoms with van der Waals surface area (Å²) in [5.41, 5.74) is 0.195. The summed E-state index contributed by atoms with van der Waals surface area (Å²) in [5.74, 6) is 0.544. The number of methoxy groups -OCH3 is 1. The summed E-state index contributed by atoms with van der Waals surface area (Å²) in [4.78, 5) is 14.0. The van der Waals surface area contributed by atoms with Gasteiger partial charge in [0.15, 0.2) is 17.6 Å². The van der Waals surface area contributed by atoms with E-state index < -0.39 is 30.1 Å². The van der Waals surface area contributed by atoms with Gasteiger partial charge in [0, 0.05) is 30.8 Å². The highest BCUT2D eigenvalue weighted by atomic mass is 19.1. The predicted molar refractivity (Wildman–Crippen MR) is 127 cm³/mol. The van der Waals surface area contributed by atoms with Crippen molar-refractivity contribution >= 4 is 5.91 Å². The van der Waals surface area contributed by atoms with Crippen LogP contribution in [0.3, 0.4) is 0 Å². The second-order valence-corrected chi connectivity index (χ2v) is 9.07. The van der Waals surface area contributed by atoms with Gasteiger partial charge in [0.05, 0.1) is 33.0 Å². The van der Waals surface area contributed by atoms with Crippen LogP contribution in [0.5, 0.6) is 17.2 Å². The monoisotopic (exact) mass is 491 g/mol. The SMILES string of the molecule is COc1ccc(C2CN(C(=O)C(O)CO)CC2(C)C(C)O)cc1OCCCOc1ccc(F)cc1. The molecule has 3 rings (SSSR count). The van der Waals surface area contributed by atoms with Crippen LogP contribution in [0, 0.1) is 11.2 Å². The standard InChI is InChI=1S/C26H34FNO7/c1-17(30)26(2)16-28(25(32)22(31)15-29)14-21(26)18-5-10-23(33-3)24(13-18)35-12-4-11-34-20-8-6-19(27)7-9-20/h5-10,13,17,21-22,29-31H,4,11-12,14-16H2,1-3H3. The molecule has 192 valence electrons. The van der Waals surface area contributed by atoms with E-state index >= 15 is 0 Å². The molecule has 2 aromatic carbocycles. The maximum Gasteiger partial charge on any atom is 0.253 e. The summed E-state index contributed by atoms with van der Waals surface area (Å²) in [5, 5.41) is 29.6. The first-order valence-corrected chi connectivity index (χ1v) is 11.6. The minimum absolute atomic E-state index is 0.229. The van der Waals surface area contributed by atoms with Gasteiger partial charge in [-0.1, -0.05) is 13.0 Å². The molecule has 0 aromatic heterocycles. The zero-order chi connectivity index (χ0) is 25.6. The number of benzene rings is 2. The molecule has 1 aliphatic rings. The highest BCUT2D eigenvalue weighted by molar-refractivity contribution is 5.81. The number of carbonyl (C=O) groups is 1. The number of rotatable bonds is 11. The number of ether oxygens (including phenoxy) is 3. The minimum atomic E-state index is -1.49. The summed E-state index contributed by atoms with van der Waals surface area (Å²) in [7, 11) is 1.55. The van der Waals surface area contributed by atoms with Gasteiger partial charge >= 0.3 is 0 Å². The Morgan fingerprint density at radius 1 is 1.14 bits per heavy atom. The highest BCUT2D eigenvalue weighted by Gasteiger charge is 2.49. The number of hydrogen-bond donors (Lipinski definition) is 3. The predicted octanol–water partition coefficient (Wildman–Crippen LogP) is 2.35. The van der Waals surface area contributed by atoms with Gasteiger partial charge < -0.3 is 34.4 Å². The molecular formula is C26H34FNO7. The van der Waals surface area contributed by atoms with Gasteiger partial charge in [0.25, 0.3) is 5.91 Å². The average Bonchev–Trinajstić information content (AvgIpc) is 3.22. The maximum absolute atomic E-state index is 13.0. The second-order valence-electron chi connectivity index (χ2n) is 9.07. The van der Waals surface area contributed by atoms with E-state index in [1.54, 1.807) is 32.2 Å². The van der Waals surface area contributed by atoms with Gasteiger partial charge in [-0.25, -0.2) is 4.39 Å². The number of aliphatic hydroxyl groups excluding tert-OH is 3. The van der Waals surface area contributed by atoms with Crippen molar-refractivity contribution in [1.29, 1.82) is 0 Å². The molecule has 1 heterocycles. The largest absolute Gasteiger partial charge is 0.493 e. The Labute approximate surface area is 204 Å². The van der Waals surface area contributed by atoms with Crippen LogP contribution in [-0.2, 0) is 4.79 Å². The van der Waals surface area contributed by atoms with Crippen LogP contribution in [0.2, 0.25) is 0 Å². The van der Waals surface area contributed by atoms with Crippen molar-refractivity contribution in [2.45, 2.75) is 38.4 Å². The van der Waals surface area contributed by atoms with E-state index in [1.165, 1.54) is 17.0 Å². The van der Waals surface area contributed by atoms with E-state index in [-0.39, 0.29) is 24.8 Å². The van der Waals surface area contributed by atoms with Gasteiger partial charge in [0.1, 0.15) is 11.6 Å². The number of likely N-dealkylation sites (tertiary alicyclic amines) is 1. The molecule has 0 bridgehead atoms. The number of amides is 1. The van der Waals surface area contributed by atoms with E-state index in [2.05, 4.69) is 0 Å². The summed E-state index contributed by atoms with van der Waals surface area (Å²) in [6, 6.07) is 11.3. The van der Waals surface area contributed by atoms with Crippen molar-refractivity contribution in [3.8, 4) is 17.2 Å². The summed E-state index contributed by atoms with van der Waals surface area (Å²) >= 11 is 0. The molecule has 0 aliphatic carbocycles. The zero-order valence-corrected chi connectivity index (χ0v) is 20.3. The Morgan fingerprint density at radius 2 is 1.83 bits per heavy atom. The number of halogens is 1. The van der Waals surface area contributed by atoms with Gasteiger partial charge in [0.2, 0.25) is 0 Å². The van der Waals surface area contributed by atoms with Crippen LogP contribution >= 0.6 is 0 Å². The van der Waals surface area contributed by atoms with Crippen molar-refractivity contribution < 1.29 is 38.7 Å². The van der Waals surface area contributed by atoms with Gasteiger partial charge in [-0.15, -0.1) is 0 Å². The molecule has 4 unspecified atom stereocenters. The summed E-state index contributed by atoms with van der Waals surface area (Å²) in [6.07, 6.45) is -1.63. The lowest BCUT2D eigenvalue weighted by Crippen LogP contribution is -2.42. The molecule has 8 nitrogen and oxygen atoms in total. The third-order valence-corrected chi connectivity index (χ3v) is 6.67. The fourth-order valence-corrected chi connectivity index (χ4v) is 4.37. The topological polar surface area (TPSA) is 109 Å². The number of carbonyl (C=O) groups excluding carboxylic acids is 1. The van der Waals surface area contributed by atoms with Crippen molar-refractivity contribution in [1.82, 2.24) is 4.90 Å². The molecule has 1 saturated heterocycles. The highest BCUT2D eigenvalue weighted by Crippen LogP contribution is 2.47. The van der Waals surface area contributed by atoms with Crippen LogP contribution < -0.4 is 14.2 Å². The molecule has 2 aromatic rings. The fourth-order valence-electron chi connectivity index (χ4n) is 4.37. The Morgan fingerprint density at radius 3 is 2.46 bits per heavy atom. The molecule has 9 heteroatoms. The van der Waals surface area contributed by atoms with Crippen LogP contribution in [0.4, 0.5) is 4.39 Å². The van der Waals surface area contributed by atoms with Crippen LogP contribution in [0.15, 0.2) is 42.5 Å². The fraction of sp³-hybridized carbons (Fsp3) is 0.500. The smallest absolute Gasteiger partial charge is 0.253 e. The summed E-state index contributed by atoms with van der Waals surface area (Å²) in [6.45, 7) is 4.21. The molecule has 3 N–H and O–H groups in total. The van der Waals surface area contributed by atoms with Gasteiger partial charge in [-0.3, -0.25) is 4.79 Å². The molecule has 0 saturated carbocycles.